The molecule has 0 aliphatic rings. The summed E-state index contributed by atoms with van der Waals surface area (Å²) in [4.78, 5) is 0. The molecule has 0 spiro atoms. The van der Waals surface area contributed by atoms with E-state index in [4.69, 9.17) is 0 Å². The number of hydrogen-bond donors (Lipinski definition) is 0. The third-order valence-corrected chi connectivity index (χ3v) is 3.86. The molecule has 0 fully saturated rings. The second-order valence-electron chi connectivity index (χ2n) is 5.52. The molecular weight excluding hydrogens is 200 g/mol. The predicted molar refractivity (Wildman–Crippen MR) is 76.9 cm³/mol. The van der Waals surface area contributed by atoms with Crippen LogP contribution in [0.4, 0.5) is 0 Å². The van der Waals surface area contributed by atoms with Crippen molar-refractivity contribution in [2.75, 3.05) is 18.8 Å². The van der Waals surface area contributed by atoms with Gasteiger partial charge in [0, 0.05) is 5.41 Å². The van der Waals surface area contributed by atoms with Gasteiger partial charge in [0.05, 0.1) is 0 Å². The van der Waals surface area contributed by atoms with E-state index in [1.807, 2.05) is 0 Å². The van der Waals surface area contributed by atoms with Gasteiger partial charge < -0.3 is 0 Å². The van der Waals surface area contributed by atoms with E-state index in [-0.39, 0.29) is 5.41 Å². The molecule has 0 aliphatic carbocycles. The van der Waals surface area contributed by atoms with Gasteiger partial charge in [-0.15, -0.1) is 0 Å². The average Bonchev–Trinajstić information content (AvgIpc) is 2.01. The molecule has 0 aliphatic heterocycles. The Bertz CT molecular complexity index is 285. The molecule has 0 bridgehead atoms. The molecule has 1 heteroatoms. The molecular formula is C14H26S. The molecule has 0 atom stereocenters. The first-order valence-electron chi connectivity index (χ1n) is 5.27. The third kappa shape index (κ3) is 5.27. The lowest BCUT2D eigenvalue weighted by Crippen LogP contribution is -2.13. The Kier molecular flexibility index (Phi) is 4.92. The molecule has 0 aromatic heterocycles. The van der Waals surface area contributed by atoms with Crippen LogP contribution in [-0.2, 0) is 0 Å². The Morgan fingerprint density at radius 1 is 1.13 bits per heavy atom. The maximum Gasteiger partial charge on any atom is 0.00589 e. The topological polar surface area (TPSA) is 0 Å². The highest BCUT2D eigenvalue weighted by atomic mass is 32.3. The third-order valence-electron chi connectivity index (χ3n) is 2.89. The van der Waals surface area contributed by atoms with E-state index in [0.717, 1.165) is 0 Å². The van der Waals surface area contributed by atoms with Crippen molar-refractivity contribution in [3.63, 3.8) is 0 Å². The van der Waals surface area contributed by atoms with Crippen LogP contribution >= 0.6 is 10.0 Å². The zero-order valence-corrected chi connectivity index (χ0v) is 12.2. The summed E-state index contributed by atoms with van der Waals surface area (Å²) in [7, 11) is -0.533. The van der Waals surface area contributed by atoms with Gasteiger partial charge in [-0.2, -0.15) is 0 Å². The molecule has 0 radical (unpaired) electrons. The largest absolute Gasteiger partial charge is 0.230 e. The number of allylic oxidation sites excluding steroid dienone is 4. The predicted octanol–water partition coefficient (Wildman–Crippen LogP) is 4.74. The van der Waals surface area contributed by atoms with Crippen molar-refractivity contribution in [2.24, 2.45) is 5.41 Å². The smallest absolute Gasteiger partial charge is 0.00589 e. The van der Waals surface area contributed by atoms with E-state index >= 15 is 0 Å². The summed E-state index contributed by atoms with van der Waals surface area (Å²) in [5.74, 6) is 0. The zero-order valence-electron chi connectivity index (χ0n) is 11.3. The summed E-state index contributed by atoms with van der Waals surface area (Å²) in [5, 5.41) is 2.31. The zero-order chi connectivity index (χ0) is 12.3. The van der Waals surface area contributed by atoms with E-state index < -0.39 is 10.0 Å². The summed E-state index contributed by atoms with van der Waals surface area (Å²) in [6, 6.07) is 0. The minimum Gasteiger partial charge on any atom is -0.230 e. The van der Waals surface area contributed by atoms with Crippen LogP contribution in [0.5, 0.6) is 0 Å². The minimum atomic E-state index is -0.533. The monoisotopic (exact) mass is 226 g/mol. The maximum atomic E-state index is 4.04. The Labute approximate surface area is 97.5 Å². The van der Waals surface area contributed by atoms with Crippen molar-refractivity contribution < 1.29 is 0 Å². The lowest BCUT2D eigenvalue weighted by atomic mass is 9.79. The quantitative estimate of drug-likeness (QED) is 0.479. The van der Waals surface area contributed by atoms with Crippen LogP contribution in [0.25, 0.3) is 0 Å². The highest BCUT2D eigenvalue weighted by Crippen LogP contribution is 2.37. The van der Waals surface area contributed by atoms with Crippen molar-refractivity contribution in [3.05, 3.63) is 35.3 Å². The molecule has 0 aromatic rings. The average molecular weight is 226 g/mol. The van der Waals surface area contributed by atoms with Crippen LogP contribution < -0.4 is 0 Å². The number of hydrogen-bond acceptors (Lipinski definition) is 0. The van der Waals surface area contributed by atoms with Crippen LogP contribution in [0.15, 0.2) is 35.3 Å². The van der Waals surface area contributed by atoms with Gasteiger partial charge in [-0.1, -0.05) is 43.7 Å². The molecule has 0 aromatic carbocycles. The molecule has 0 amide bonds. The van der Waals surface area contributed by atoms with E-state index in [9.17, 15) is 0 Å². The first kappa shape index (κ1) is 14.6. The molecule has 0 saturated heterocycles. The Balaban J connectivity index is 4.73. The highest BCUT2D eigenvalue weighted by Gasteiger charge is 2.19. The molecule has 0 nitrogen and oxygen atoms in total. The fraction of sp³-hybridized carbons (Fsp3) is 0.571. The Morgan fingerprint density at radius 3 is 1.93 bits per heavy atom. The molecule has 15 heavy (non-hydrogen) atoms. The van der Waals surface area contributed by atoms with Gasteiger partial charge in [0.1, 0.15) is 0 Å². The first-order valence-corrected chi connectivity index (χ1v) is 8.19. The molecule has 0 heterocycles. The molecule has 0 N–H and O–H groups in total. The van der Waals surface area contributed by atoms with Crippen LogP contribution in [0.1, 0.15) is 27.7 Å². The fourth-order valence-corrected chi connectivity index (χ4v) is 1.51. The first-order chi connectivity index (χ1) is 6.57. The second kappa shape index (κ2) is 5.07. The summed E-state index contributed by atoms with van der Waals surface area (Å²) in [5.41, 5.74) is 2.69. The summed E-state index contributed by atoms with van der Waals surface area (Å²) < 4.78 is 0. The summed E-state index contributed by atoms with van der Waals surface area (Å²) in [6.45, 7) is 12.8. The van der Waals surface area contributed by atoms with Gasteiger partial charge in [0.2, 0.25) is 0 Å². The summed E-state index contributed by atoms with van der Waals surface area (Å²) >= 11 is 0. The molecule has 0 rings (SSSR count). The van der Waals surface area contributed by atoms with E-state index in [0.29, 0.717) is 0 Å². The second-order valence-corrected chi connectivity index (χ2v) is 9.65. The highest BCUT2D eigenvalue weighted by molar-refractivity contribution is 8.34. The van der Waals surface area contributed by atoms with E-state index in [2.05, 4.69) is 70.6 Å². The van der Waals surface area contributed by atoms with Gasteiger partial charge in [-0.05, 0) is 38.0 Å². The van der Waals surface area contributed by atoms with Gasteiger partial charge in [0.15, 0.2) is 0 Å². The standard InChI is InChI=1S/C14H26S/c1-12(2)14(4,5)13(3)10-9-11-15(6,7)8/h9-11H,1H2,2-8H3/b11-9+,13-10+. The lowest BCUT2D eigenvalue weighted by Gasteiger charge is -2.26. The Hall–Kier alpha value is -0.430. The van der Waals surface area contributed by atoms with Gasteiger partial charge in [-0.3, -0.25) is 0 Å². The van der Waals surface area contributed by atoms with Gasteiger partial charge in [0.25, 0.3) is 0 Å². The summed E-state index contributed by atoms with van der Waals surface area (Å²) in [6.07, 6.45) is 11.3. The normalized spacial score (nSPS) is 15.8. The van der Waals surface area contributed by atoms with Crippen molar-refractivity contribution in [1.82, 2.24) is 0 Å². The maximum absolute atomic E-state index is 4.04. The van der Waals surface area contributed by atoms with Gasteiger partial charge >= 0.3 is 0 Å². The van der Waals surface area contributed by atoms with Gasteiger partial charge in [-0.25, -0.2) is 10.0 Å². The van der Waals surface area contributed by atoms with Crippen LogP contribution in [0.3, 0.4) is 0 Å². The van der Waals surface area contributed by atoms with E-state index in [1.165, 1.54) is 11.1 Å². The van der Waals surface area contributed by atoms with E-state index in [1.54, 1.807) is 0 Å². The molecule has 88 valence electrons. The van der Waals surface area contributed by atoms with Crippen molar-refractivity contribution in [3.8, 4) is 0 Å². The molecule has 0 unspecified atom stereocenters. The van der Waals surface area contributed by atoms with Crippen LogP contribution in [0, 0.1) is 5.41 Å². The van der Waals surface area contributed by atoms with Crippen LogP contribution in [0.2, 0.25) is 0 Å². The lowest BCUT2D eigenvalue weighted by molar-refractivity contribution is 0.540. The minimum absolute atomic E-state index is 0.109. The van der Waals surface area contributed by atoms with Crippen molar-refractivity contribution >= 4 is 10.0 Å². The molecule has 0 saturated carbocycles. The van der Waals surface area contributed by atoms with Crippen molar-refractivity contribution in [1.29, 1.82) is 0 Å². The SMILES string of the molecule is C=C(C)C(C)(C)/C(C)=C/C=C/S(C)(C)C. The van der Waals surface area contributed by atoms with Crippen molar-refractivity contribution in [2.45, 2.75) is 27.7 Å². The fourth-order valence-electron chi connectivity index (χ4n) is 0.964. The number of rotatable bonds is 4. The Morgan fingerprint density at radius 2 is 1.60 bits per heavy atom. The van der Waals surface area contributed by atoms with Crippen LogP contribution in [-0.4, -0.2) is 18.8 Å².